The highest BCUT2D eigenvalue weighted by atomic mass is 16.2. The zero-order valence-electron chi connectivity index (χ0n) is 12.0. The molecule has 0 bridgehead atoms. The number of nitrogens with zero attached hydrogens (tertiary/aromatic N) is 3. The highest BCUT2D eigenvalue weighted by molar-refractivity contribution is 5.88. The van der Waals surface area contributed by atoms with E-state index < -0.39 is 0 Å². The zero-order chi connectivity index (χ0) is 14.4. The van der Waals surface area contributed by atoms with Crippen LogP contribution in [0.15, 0.2) is 30.6 Å². The Morgan fingerprint density at radius 2 is 1.95 bits per heavy atom. The molecule has 1 N–H and O–H groups in total. The fraction of sp³-hybridized carbons (Fsp3) is 0.400. The minimum atomic E-state index is 0.167. The number of hydrogen-bond donors (Lipinski definition) is 1. The van der Waals surface area contributed by atoms with E-state index in [-0.39, 0.29) is 5.91 Å². The molecule has 20 heavy (non-hydrogen) atoms. The van der Waals surface area contributed by atoms with Gasteiger partial charge < -0.3 is 10.2 Å². The summed E-state index contributed by atoms with van der Waals surface area (Å²) in [6.45, 7) is 6.08. The molecule has 5 nitrogen and oxygen atoms in total. The van der Waals surface area contributed by atoms with Crippen molar-refractivity contribution in [3.05, 3.63) is 30.6 Å². The Morgan fingerprint density at radius 3 is 2.70 bits per heavy atom. The van der Waals surface area contributed by atoms with Gasteiger partial charge in [-0.25, -0.2) is 9.97 Å². The number of carbonyl (C=O) groups excluding carboxylic acids is 1. The van der Waals surface area contributed by atoms with Crippen molar-refractivity contribution < 1.29 is 4.79 Å². The third-order valence-electron chi connectivity index (χ3n) is 3.29. The molecule has 2 rings (SSSR count). The number of nitrogens with one attached hydrogen (secondary N) is 1. The quantitative estimate of drug-likeness (QED) is 0.876. The van der Waals surface area contributed by atoms with Gasteiger partial charge in [0, 0.05) is 31.4 Å². The number of carbonyl (C=O) groups is 1. The van der Waals surface area contributed by atoms with Gasteiger partial charge in [0.15, 0.2) is 0 Å². The molecule has 1 heterocycles. The summed E-state index contributed by atoms with van der Waals surface area (Å²) in [6.07, 6.45) is 2.01. The summed E-state index contributed by atoms with van der Waals surface area (Å²) in [5.41, 5.74) is 0.903. The van der Waals surface area contributed by atoms with Crippen LogP contribution in [0.3, 0.4) is 0 Å². The Balaban J connectivity index is 1.98. The normalized spacial score (nSPS) is 10.5. The van der Waals surface area contributed by atoms with Crippen LogP contribution in [0.1, 0.15) is 20.3 Å². The molecule has 0 unspecified atom stereocenters. The number of anilines is 1. The van der Waals surface area contributed by atoms with Crippen LogP contribution < -0.4 is 5.32 Å². The fourth-order valence-electron chi connectivity index (χ4n) is 2.17. The molecule has 0 aliphatic heterocycles. The molecule has 0 spiro atoms. The number of amides is 1. The van der Waals surface area contributed by atoms with Crippen LogP contribution in [0.5, 0.6) is 0 Å². The van der Waals surface area contributed by atoms with Gasteiger partial charge in [-0.15, -0.1) is 0 Å². The largest absolute Gasteiger partial charge is 0.369 e. The number of aromatic nitrogens is 2. The maximum atomic E-state index is 11.9. The third kappa shape index (κ3) is 3.23. The van der Waals surface area contributed by atoms with E-state index in [9.17, 15) is 4.79 Å². The second-order valence-corrected chi connectivity index (χ2v) is 4.48. The number of benzene rings is 1. The molecule has 106 valence electrons. The van der Waals surface area contributed by atoms with Gasteiger partial charge in [-0.1, -0.05) is 12.1 Å². The lowest BCUT2D eigenvalue weighted by Crippen LogP contribution is -2.31. The monoisotopic (exact) mass is 272 g/mol. The van der Waals surface area contributed by atoms with Gasteiger partial charge in [0.05, 0.1) is 5.52 Å². The molecule has 0 fully saturated rings. The van der Waals surface area contributed by atoms with Crippen LogP contribution in [0, 0.1) is 0 Å². The predicted molar refractivity (Wildman–Crippen MR) is 80.6 cm³/mol. The standard InChI is InChI=1S/C15H20N4O/c1-3-19(4-2)14(20)9-10-16-15-12-7-5-6-8-13(12)17-11-18-15/h5-8,11H,3-4,9-10H2,1-2H3,(H,16,17,18). The minimum absolute atomic E-state index is 0.167. The van der Waals surface area contributed by atoms with E-state index in [1.807, 2.05) is 43.0 Å². The van der Waals surface area contributed by atoms with Crippen molar-refractivity contribution >= 4 is 22.6 Å². The van der Waals surface area contributed by atoms with Gasteiger partial charge in [-0.3, -0.25) is 4.79 Å². The summed E-state index contributed by atoms with van der Waals surface area (Å²) in [5, 5.41) is 4.20. The molecule has 2 aromatic rings. The first-order valence-corrected chi connectivity index (χ1v) is 6.97. The summed E-state index contributed by atoms with van der Waals surface area (Å²) in [4.78, 5) is 22.2. The van der Waals surface area contributed by atoms with E-state index >= 15 is 0 Å². The number of fused-ring (bicyclic) bond motifs is 1. The van der Waals surface area contributed by atoms with E-state index in [1.54, 1.807) is 0 Å². The first-order chi connectivity index (χ1) is 9.76. The van der Waals surface area contributed by atoms with Gasteiger partial charge in [0.2, 0.25) is 5.91 Å². The number of rotatable bonds is 6. The lowest BCUT2D eigenvalue weighted by Gasteiger charge is -2.18. The Hall–Kier alpha value is -2.17. The molecule has 1 aromatic heterocycles. The van der Waals surface area contributed by atoms with E-state index in [0.717, 1.165) is 29.8 Å². The Morgan fingerprint density at radius 1 is 1.20 bits per heavy atom. The molecule has 0 aliphatic rings. The summed E-state index contributed by atoms with van der Waals surface area (Å²) in [7, 11) is 0. The maximum Gasteiger partial charge on any atom is 0.224 e. The van der Waals surface area contributed by atoms with Crippen molar-refractivity contribution in [1.29, 1.82) is 0 Å². The first kappa shape index (κ1) is 14.2. The Kier molecular flexibility index (Phi) is 4.87. The van der Waals surface area contributed by atoms with E-state index in [2.05, 4.69) is 15.3 Å². The SMILES string of the molecule is CCN(CC)C(=O)CCNc1ncnc2ccccc12. The molecule has 0 saturated carbocycles. The topological polar surface area (TPSA) is 58.1 Å². The van der Waals surface area contributed by atoms with E-state index in [4.69, 9.17) is 0 Å². The third-order valence-corrected chi connectivity index (χ3v) is 3.29. The van der Waals surface area contributed by atoms with Gasteiger partial charge in [0.1, 0.15) is 12.1 Å². The fourth-order valence-corrected chi connectivity index (χ4v) is 2.17. The maximum absolute atomic E-state index is 11.9. The molecular weight excluding hydrogens is 252 g/mol. The zero-order valence-corrected chi connectivity index (χ0v) is 12.0. The highest BCUT2D eigenvalue weighted by Crippen LogP contribution is 2.18. The van der Waals surface area contributed by atoms with Crippen molar-refractivity contribution in [2.24, 2.45) is 0 Å². The van der Waals surface area contributed by atoms with E-state index in [0.29, 0.717) is 13.0 Å². The lowest BCUT2D eigenvalue weighted by atomic mass is 10.2. The number of hydrogen-bond acceptors (Lipinski definition) is 4. The van der Waals surface area contributed by atoms with Crippen LogP contribution in [0.25, 0.3) is 10.9 Å². The van der Waals surface area contributed by atoms with Crippen LogP contribution in [-0.2, 0) is 4.79 Å². The molecule has 0 saturated heterocycles. The highest BCUT2D eigenvalue weighted by Gasteiger charge is 2.09. The van der Waals surface area contributed by atoms with Crippen LogP contribution in [-0.4, -0.2) is 40.4 Å². The summed E-state index contributed by atoms with van der Waals surface area (Å²) in [6, 6.07) is 7.83. The molecule has 1 amide bonds. The average Bonchev–Trinajstić information content (AvgIpc) is 2.49. The first-order valence-electron chi connectivity index (χ1n) is 6.97. The molecule has 0 aliphatic carbocycles. The lowest BCUT2D eigenvalue weighted by molar-refractivity contribution is -0.130. The van der Waals surface area contributed by atoms with Crippen LogP contribution in [0.2, 0.25) is 0 Å². The number of para-hydroxylation sites is 1. The predicted octanol–water partition coefficient (Wildman–Crippen LogP) is 2.30. The average molecular weight is 272 g/mol. The summed E-state index contributed by atoms with van der Waals surface area (Å²) in [5.74, 6) is 0.948. The molecule has 0 radical (unpaired) electrons. The van der Waals surface area contributed by atoms with Crippen LogP contribution >= 0.6 is 0 Å². The van der Waals surface area contributed by atoms with Crippen molar-refractivity contribution in [1.82, 2.24) is 14.9 Å². The van der Waals surface area contributed by atoms with Crippen molar-refractivity contribution in [2.45, 2.75) is 20.3 Å². The van der Waals surface area contributed by atoms with Crippen molar-refractivity contribution in [2.75, 3.05) is 25.0 Å². The van der Waals surface area contributed by atoms with Crippen molar-refractivity contribution in [3.63, 3.8) is 0 Å². The van der Waals surface area contributed by atoms with Gasteiger partial charge in [-0.05, 0) is 26.0 Å². The minimum Gasteiger partial charge on any atom is -0.369 e. The summed E-state index contributed by atoms with van der Waals surface area (Å²) >= 11 is 0. The van der Waals surface area contributed by atoms with Crippen LogP contribution in [0.4, 0.5) is 5.82 Å². The van der Waals surface area contributed by atoms with Gasteiger partial charge >= 0.3 is 0 Å². The second kappa shape index (κ2) is 6.84. The molecule has 0 atom stereocenters. The van der Waals surface area contributed by atoms with E-state index in [1.165, 1.54) is 6.33 Å². The Labute approximate surface area is 119 Å². The van der Waals surface area contributed by atoms with Gasteiger partial charge in [-0.2, -0.15) is 0 Å². The van der Waals surface area contributed by atoms with Gasteiger partial charge in [0.25, 0.3) is 0 Å². The molecule has 1 aromatic carbocycles. The Bertz CT molecular complexity index is 576. The molecule has 5 heteroatoms. The van der Waals surface area contributed by atoms with Crippen molar-refractivity contribution in [3.8, 4) is 0 Å². The molecular formula is C15H20N4O. The summed E-state index contributed by atoms with van der Waals surface area (Å²) < 4.78 is 0. The second-order valence-electron chi connectivity index (χ2n) is 4.48. The smallest absolute Gasteiger partial charge is 0.224 e.